The van der Waals surface area contributed by atoms with Crippen molar-refractivity contribution in [1.82, 2.24) is 15.1 Å². The first kappa shape index (κ1) is 22.0. The number of nitriles is 1. The van der Waals surface area contributed by atoms with Gasteiger partial charge in [0, 0.05) is 37.0 Å². The average molecular weight is 433 g/mol. The van der Waals surface area contributed by atoms with Crippen molar-refractivity contribution in [3.63, 3.8) is 0 Å². The largest absolute Gasteiger partial charge is 0.367 e. The summed E-state index contributed by atoms with van der Waals surface area (Å²) in [7, 11) is 0. The first-order valence-corrected chi connectivity index (χ1v) is 11.1. The van der Waals surface area contributed by atoms with Crippen molar-refractivity contribution in [3.05, 3.63) is 58.5 Å². The highest BCUT2D eigenvalue weighted by Gasteiger charge is 2.21. The van der Waals surface area contributed by atoms with Crippen molar-refractivity contribution >= 4 is 22.3 Å². The van der Waals surface area contributed by atoms with Crippen molar-refractivity contribution < 1.29 is 4.39 Å². The van der Waals surface area contributed by atoms with Crippen molar-refractivity contribution in [2.75, 3.05) is 42.9 Å². The minimum absolute atomic E-state index is 0.0925. The number of aryl methyl sites for hydroxylation is 1. The lowest BCUT2D eigenvalue weighted by Crippen LogP contribution is -2.46. The summed E-state index contributed by atoms with van der Waals surface area (Å²) in [6.45, 7) is 12.5. The molecule has 0 amide bonds. The summed E-state index contributed by atoms with van der Waals surface area (Å²) in [4.78, 5) is 4.49. The quantitative estimate of drug-likeness (QED) is 0.637. The van der Waals surface area contributed by atoms with E-state index in [0.717, 1.165) is 54.6 Å². The highest BCUT2D eigenvalue weighted by Crippen LogP contribution is 2.33. The Kier molecular flexibility index (Phi) is 6.24. The van der Waals surface area contributed by atoms with Crippen LogP contribution in [-0.4, -0.2) is 47.8 Å². The number of nitrogens with zero attached hydrogens (tertiary/aromatic N) is 5. The molecule has 0 aliphatic carbocycles. The molecule has 0 unspecified atom stereocenters. The van der Waals surface area contributed by atoms with E-state index < -0.39 is 0 Å². The number of benzene rings is 2. The molecule has 1 saturated heterocycles. The highest BCUT2D eigenvalue weighted by molar-refractivity contribution is 5.95. The Morgan fingerprint density at radius 2 is 1.88 bits per heavy atom. The van der Waals surface area contributed by atoms with Crippen LogP contribution < -0.4 is 10.2 Å². The van der Waals surface area contributed by atoms with E-state index in [0.29, 0.717) is 22.8 Å². The zero-order chi connectivity index (χ0) is 22.8. The average Bonchev–Trinajstić information content (AvgIpc) is 2.81. The van der Waals surface area contributed by atoms with E-state index in [4.69, 9.17) is 0 Å². The lowest BCUT2D eigenvalue weighted by molar-refractivity contribution is 0.270. The summed E-state index contributed by atoms with van der Waals surface area (Å²) < 4.78 is 15.1. The Morgan fingerprint density at radius 1 is 1.12 bits per heavy atom. The molecule has 166 valence electrons. The number of hydrogen-bond acceptors (Lipinski definition) is 6. The van der Waals surface area contributed by atoms with Gasteiger partial charge in [-0.1, -0.05) is 19.1 Å². The first-order chi connectivity index (χ1) is 15.4. The van der Waals surface area contributed by atoms with Crippen LogP contribution in [0.25, 0.3) is 10.8 Å². The number of likely N-dealkylation sites (N-methyl/N-ethyl adjacent to an activating group) is 1. The number of halogens is 1. The zero-order valence-corrected chi connectivity index (χ0v) is 19.1. The maximum absolute atomic E-state index is 15.1. The van der Waals surface area contributed by atoms with Crippen molar-refractivity contribution in [2.45, 2.75) is 33.7 Å². The Hall–Kier alpha value is -3.24. The van der Waals surface area contributed by atoms with Crippen LogP contribution in [0, 0.1) is 31.0 Å². The molecule has 1 aliphatic heterocycles. The maximum Gasteiger partial charge on any atom is 0.157 e. The minimum atomic E-state index is -0.227. The number of nitrogens with one attached hydrogen (secondary N) is 1. The van der Waals surface area contributed by atoms with Crippen LogP contribution >= 0.6 is 0 Å². The molecule has 1 atom stereocenters. The molecule has 7 heteroatoms. The highest BCUT2D eigenvalue weighted by atomic mass is 19.1. The molecule has 1 aliphatic rings. The Bertz CT molecular complexity index is 1180. The number of fused-ring (bicyclic) bond motifs is 1. The number of piperazine rings is 1. The molecule has 2 heterocycles. The van der Waals surface area contributed by atoms with Gasteiger partial charge in [0.2, 0.25) is 0 Å². The molecule has 3 aromatic rings. The fourth-order valence-corrected chi connectivity index (χ4v) is 4.47. The van der Waals surface area contributed by atoms with Crippen LogP contribution in [-0.2, 0) is 0 Å². The van der Waals surface area contributed by atoms with E-state index in [1.807, 2.05) is 45.0 Å². The lowest BCUT2D eigenvalue weighted by atomic mass is 9.98. The standard InChI is InChI=1S/C25H29FN6/c1-5-31-9-11-32(12-10-31)24-14-22-21(13-23(24)26)18(4)29-30-25(22)28-17(3)20-8-6-7-19(15-27)16(20)2/h6-8,13-14,17H,5,9-12H2,1-4H3,(H,28,30)/t17-/m1/s1. The molecule has 2 aromatic carbocycles. The Morgan fingerprint density at radius 3 is 2.56 bits per heavy atom. The summed E-state index contributed by atoms with van der Waals surface area (Å²) in [5, 5.41) is 23.1. The molecule has 0 bridgehead atoms. The maximum atomic E-state index is 15.1. The van der Waals surface area contributed by atoms with Gasteiger partial charge in [-0.15, -0.1) is 5.10 Å². The summed E-state index contributed by atoms with van der Waals surface area (Å²) in [5.41, 5.74) is 3.94. The molecular formula is C25H29FN6. The predicted octanol–water partition coefficient (Wildman–Crippen LogP) is 4.57. The number of anilines is 2. The topological polar surface area (TPSA) is 68.1 Å². The van der Waals surface area contributed by atoms with Crippen LogP contribution in [0.3, 0.4) is 0 Å². The van der Waals surface area contributed by atoms with Crippen molar-refractivity contribution in [2.24, 2.45) is 0 Å². The summed E-state index contributed by atoms with van der Waals surface area (Å²) >= 11 is 0. The monoisotopic (exact) mass is 432 g/mol. The third-order valence-electron chi connectivity index (χ3n) is 6.51. The van der Waals surface area contributed by atoms with E-state index in [2.05, 4.69) is 38.3 Å². The van der Waals surface area contributed by atoms with Gasteiger partial charge in [0.05, 0.1) is 29.1 Å². The summed E-state index contributed by atoms with van der Waals surface area (Å²) in [6.07, 6.45) is 0. The van der Waals surface area contributed by atoms with Gasteiger partial charge in [0.25, 0.3) is 0 Å². The third kappa shape index (κ3) is 4.11. The van der Waals surface area contributed by atoms with Crippen LogP contribution in [0.5, 0.6) is 0 Å². The van der Waals surface area contributed by atoms with Crippen LogP contribution in [0.4, 0.5) is 15.9 Å². The van der Waals surface area contributed by atoms with E-state index in [1.54, 1.807) is 6.07 Å². The van der Waals surface area contributed by atoms with Crippen LogP contribution in [0.15, 0.2) is 30.3 Å². The van der Waals surface area contributed by atoms with Gasteiger partial charge in [0.1, 0.15) is 5.82 Å². The molecule has 1 aromatic heterocycles. The van der Waals surface area contributed by atoms with Gasteiger partial charge in [-0.05, 0) is 56.6 Å². The van der Waals surface area contributed by atoms with Gasteiger partial charge in [0.15, 0.2) is 5.82 Å². The predicted molar refractivity (Wildman–Crippen MR) is 126 cm³/mol. The van der Waals surface area contributed by atoms with Gasteiger partial charge < -0.3 is 15.1 Å². The molecular weight excluding hydrogens is 403 g/mol. The van der Waals surface area contributed by atoms with E-state index in [1.165, 1.54) is 0 Å². The molecule has 0 radical (unpaired) electrons. The Balaban J connectivity index is 1.71. The molecule has 6 nitrogen and oxygen atoms in total. The second-order valence-corrected chi connectivity index (χ2v) is 8.40. The Labute approximate surface area is 188 Å². The molecule has 0 saturated carbocycles. The minimum Gasteiger partial charge on any atom is -0.367 e. The van der Waals surface area contributed by atoms with Crippen LogP contribution in [0.2, 0.25) is 0 Å². The number of hydrogen-bond donors (Lipinski definition) is 1. The fourth-order valence-electron chi connectivity index (χ4n) is 4.47. The van der Waals surface area contributed by atoms with Crippen molar-refractivity contribution in [3.8, 4) is 6.07 Å². The number of rotatable bonds is 5. The molecule has 32 heavy (non-hydrogen) atoms. The van der Waals surface area contributed by atoms with Gasteiger partial charge in [-0.2, -0.15) is 10.4 Å². The summed E-state index contributed by atoms with van der Waals surface area (Å²) in [5.74, 6) is 0.392. The first-order valence-electron chi connectivity index (χ1n) is 11.1. The second kappa shape index (κ2) is 9.09. The van der Waals surface area contributed by atoms with Gasteiger partial charge in [-0.25, -0.2) is 4.39 Å². The fraction of sp³-hybridized carbons (Fsp3) is 0.400. The van der Waals surface area contributed by atoms with Crippen molar-refractivity contribution in [1.29, 1.82) is 5.26 Å². The summed E-state index contributed by atoms with van der Waals surface area (Å²) in [6, 6.07) is 11.4. The smallest absolute Gasteiger partial charge is 0.157 e. The SMILES string of the molecule is CCN1CCN(c2cc3c(N[C@H](C)c4cccc(C#N)c4C)nnc(C)c3cc2F)CC1. The zero-order valence-electron chi connectivity index (χ0n) is 19.1. The third-order valence-corrected chi connectivity index (χ3v) is 6.51. The normalized spacial score (nSPS) is 15.6. The molecule has 4 rings (SSSR count). The lowest BCUT2D eigenvalue weighted by Gasteiger charge is -2.35. The molecule has 0 spiro atoms. The van der Waals surface area contributed by atoms with Gasteiger partial charge >= 0.3 is 0 Å². The number of aromatic nitrogens is 2. The van der Waals surface area contributed by atoms with E-state index in [-0.39, 0.29) is 11.9 Å². The molecule has 1 N–H and O–H groups in total. The van der Waals surface area contributed by atoms with E-state index >= 15 is 4.39 Å². The van der Waals surface area contributed by atoms with E-state index in [9.17, 15) is 5.26 Å². The second-order valence-electron chi connectivity index (χ2n) is 8.40. The molecule has 1 fully saturated rings. The van der Waals surface area contributed by atoms with Gasteiger partial charge in [-0.3, -0.25) is 0 Å². The van der Waals surface area contributed by atoms with Crippen LogP contribution in [0.1, 0.15) is 42.3 Å².